The van der Waals surface area contributed by atoms with Gasteiger partial charge in [0.05, 0.1) is 7.11 Å². The molecule has 0 aliphatic carbocycles. The number of hydrogen-bond donors (Lipinski definition) is 1. The van der Waals surface area contributed by atoms with Gasteiger partial charge in [0.15, 0.2) is 0 Å². The molecule has 0 atom stereocenters. The molecule has 88 valence electrons. The smallest absolute Gasteiger partial charge is 0.135 e. The Hall–Kier alpha value is -2.10. The van der Waals surface area contributed by atoms with Crippen LogP contribution >= 0.6 is 0 Å². The van der Waals surface area contributed by atoms with Gasteiger partial charge >= 0.3 is 0 Å². The van der Waals surface area contributed by atoms with Gasteiger partial charge in [-0.15, -0.1) is 0 Å². The van der Waals surface area contributed by atoms with Crippen LogP contribution in [0.25, 0.3) is 0 Å². The topological polar surface area (TPSA) is 61.0 Å². The summed E-state index contributed by atoms with van der Waals surface area (Å²) in [5.74, 6) is 2.08. The Balaban J connectivity index is 2.28. The average Bonchev–Trinajstić information content (AvgIpc) is 2.34. The zero-order chi connectivity index (χ0) is 12.3. The van der Waals surface area contributed by atoms with E-state index in [0.717, 1.165) is 16.9 Å². The van der Waals surface area contributed by atoms with Gasteiger partial charge in [0.1, 0.15) is 17.4 Å². The largest absolute Gasteiger partial charge is 0.496 e. The minimum absolute atomic E-state index is 0.532. The van der Waals surface area contributed by atoms with Crippen molar-refractivity contribution in [3.8, 4) is 5.75 Å². The molecule has 0 fully saturated rings. The van der Waals surface area contributed by atoms with E-state index in [1.54, 1.807) is 13.3 Å². The Labute approximate surface area is 100 Å². The zero-order valence-corrected chi connectivity index (χ0v) is 9.97. The summed E-state index contributed by atoms with van der Waals surface area (Å²) < 4.78 is 5.28. The van der Waals surface area contributed by atoms with Crippen LogP contribution in [0.1, 0.15) is 17.0 Å². The lowest BCUT2D eigenvalue weighted by molar-refractivity contribution is 0.410. The second-order valence-electron chi connectivity index (χ2n) is 3.84. The number of nitrogen functional groups attached to an aromatic ring is 1. The van der Waals surface area contributed by atoms with E-state index in [9.17, 15) is 0 Å². The summed E-state index contributed by atoms with van der Waals surface area (Å²) in [7, 11) is 1.66. The molecule has 4 nitrogen and oxygen atoms in total. The van der Waals surface area contributed by atoms with Crippen molar-refractivity contribution in [3.63, 3.8) is 0 Å². The third kappa shape index (κ3) is 2.53. The molecule has 0 saturated carbocycles. The third-order valence-electron chi connectivity index (χ3n) is 2.60. The maximum absolute atomic E-state index is 5.76. The Bertz CT molecular complexity index is 526. The van der Waals surface area contributed by atoms with Crippen molar-refractivity contribution in [1.82, 2.24) is 9.97 Å². The van der Waals surface area contributed by atoms with Crippen LogP contribution in [0.15, 0.2) is 30.5 Å². The van der Waals surface area contributed by atoms with Crippen LogP contribution in [-0.4, -0.2) is 17.1 Å². The van der Waals surface area contributed by atoms with E-state index in [2.05, 4.69) is 9.97 Å². The summed E-state index contributed by atoms with van der Waals surface area (Å²) in [5, 5.41) is 0. The Morgan fingerprint density at radius 2 is 2.06 bits per heavy atom. The fourth-order valence-corrected chi connectivity index (χ4v) is 1.60. The molecule has 0 saturated heterocycles. The molecule has 2 N–H and O–H groups in total. The Kier molecular flexibility index (Phi) is 3.23. The van der Waals surface area contributed by atoms with Gasteiger partial charge in [0, 0.05) is 23.7 Å². The SMILES string of the molecule is COc1ccccc1Cc1ncc(C)c(N)n1. The normalized spacial score (nSPS) is 10.2. The van der Waals surface area contributed by atoms with Crippen molar-refractivity contribution in [1.29, 1.82) is 0 Å². The van der Waals surface area contributed by atoms with Crippen molar-refractivity contribution >= 4 is 5.82 Å². The highest BCUT2D eigenvalue weighted by atomic mass is 16.5. The molecule has 2 rings (SSSR count). The first-order valence-electron chi connectivity index (χ1n) is 5.40. The van der Waals surface area contributed by atoms with E-state index in [0.29, 0.717) is 18.1 Å². The predicted molar refractivity (Wildman–Crippen MR) is 67.0 cm³/mol. The number of para-hydroxylation sites is 1. The fraction of sp³-hybridized carbons (Fsp3) is 0.231. The Morgan fingerprint density at radius 1 is 1.29 bits per heavy atom. The molecule has 0 aliphatic heterocycles. The van der Waals surface area contributed by atoms with Crippen LogP contribution < -0.4 is 10.5 Å². The first-order valence-corrected chi connectivity index (χ1v) is 5.40. The minimum atomic E-state index is 0.532. The summed E-state index contributed by atoms with van der Waals surface area (Å²) in [6.07, 6.45) is 2.36. The van der Waals surface area contributed by atoms with Crippen LogP contribution in [0, 0.1) is 6.92 Å². The number of ether oxygens (including phenoxy) is 1. The summed E-state index contributed by atoms with van der Waals surface area (Å²) in [6, 6.07) is 7.83. The fourth-order valence-electron chi connectivity index (χ4n) is 1.60. The predicted octanol–water partition coefficient (Wildman–Crippen LogP) is 1.97. The molecule has 0 aliphatic rings. The van der Waals surface area contributed by atoms with Gasteiger partial charge in [-0.2, -0.15) is 0 Å². The lowest BCUT2D eigenvalue weighted by Crippen LogP contribution is -2.03. The first-order chi connectivity index (χ1) is 8.20. The first kappa shape index (κ1) is 11.4. The molecule has 0 radical (unpaired) electrons. The summed E-state index contributed by atoms with van der Waals surface area (Å²) in [4.78, 5) is 8.52. The van der Waals surface area contributed by atoms with Gasteiger partial charge in [0.25, 0.3) is 0 Å². The second kappa shape index (κ2) is 4.82. The summed E-state index contributed by atoms with van der Waals surface area (Å²) in [5.41, 5.74) is 7.71. The van der Waals surface area contributed by atoms with Crippen LogP contribution in [0.5, 0.6) is 5.75 Å². The maximum atomic E-state index is 5.76. The van der Waals surface area contributed by atoms with Gasteiger partial charge in [-0.1, -0.05) is 18.2 Å². The zero-order valence-electron chi connectivity index (χ0n) is 9.97. The van der Waals surface area contributed by atoms with E-state index in [-0.39, 0.29) is 0 Å². The third-order valence-corrected chi connectivity index (χ3v) is 2.60. The van der Waals surface area contributed by atoms with Crippen LogP contribution in [0.4, 0.5) is 5.82 Å². The number of anilines is 1. The number of aromatic nitrogens is 2. The summed E-state index contributed by atoms with van der Waals surface area (Å²) >= 11 is 0. The molecule has 1 heterocycles. The van der Waals surface area contributed by atoms with Gasteiger partial charge < -0.3 is 10.5 Å². The molecule has 17 heavy (non-hydrogen) atoms. The van der Waals surface area contributed by atoms with Crippen LogP contribution in [0.3, 0.4) is 0 Å². The van der Waals surface area contributed by atoms with Gasteiger partial charge in [-0.25, -0.2) is 9.97 Å². The highest BCUT2D eigenvalue weighted by Gasteiger charge is 2.06. The number of aryl methyl sites for hydroxylation is 1. The number of nitrogens with two attached hydrogens (primary N) is 1. The standard InChI is InChI=1S/C13H15N3O/c1-9-8-15-12(16-13(9)14)7-10-5-3-4-6-11(10)17-2/h3-6,8H,7H2,1-2H3,(H2,14,15,16). The molecule has 0 bridgehead atoms. The lowest BCUT2D eigenvalue weighted by atomic mass is 10.1. The van der Waals surface area contributed by atoms with Crippen molar-refractivity contribution in [2.75, 3.05) is 12.8 Å². The molecule has 4 heteroatoms. The molecule has 1 aromatic carbocycles. The lowest BCUT2D eigenvalue weighted by Gasteiger charge is -2.07. The minimum Gasteiger partial charge on any atom is -0.496 e. The van der Waals surface area contributed by atoms with Gasteiger partial charge in [-0.05, 0) is 13.0 Å². The van der Waals surface area contributed by atoms with E-state index in [4.69, 9.17) is 10.5 Å². The molecule has 2 aromatic rings. The number of methoxy groups -OCH3 is 1. The highest BCUT2D eigenvalue weighted by molar-refractivity contribution is 5.39. The van der Waals surface area contributed by atoms with E-state index >= 15 is 0 Å². The Morgan fingerprint density at radius 3 is 2.76 bits per heavy atom. The number of nitrogens with zero attached hydrogens (tertiary/aromatic N) is 2. The number of rotatable bonds is 3. The average molecular weight is 229 g/mol. The van der Waals surface area contributed by atoms with Crippen LogP contribution in [-0.2, 0) is 6.42 Å². The van der Waals surface area contributed by atoms with Gasteiger partial charge in [-0.3, -0.25) is 0 Å². The number of hydrogen-bond acceptors (Lipinski definition) is 4. The monoisotopic (exact) mass is 229 g/mol. The highest BCUT2D eigenvalue weighted by Crippen LogP contribution is 2.20. The van der Waals surface area contributed by atoms with Crippen molar-refractivity contribution in [3.05, 3.63) is 47.4 Å². The second-order valence-corrected chi connectivity index (χ2v) is 3.84. The van der Waals surface area contributed by atoms with E-state index in [1.165, 1.54) is 0 Å². The van der Waals surface area contributed by atoms with Crippen LogP contribution in [0.2, 0.25) is 0 Å². The molecule has 0 spiro atoms. The maximum Gasteiger partial charge on any atom is 0.135 e. The van der Waals surface area contributed by atoms with Crippen molar-refractivity contribution in [2.45, 2.75) is 13.3 Å². The van der Waals surface area contributed by atoms with E-state index < -0.39 is 0 Å². The molecule has 0 amide bonds. The quantitative estimate of drug-likeness (QED) is 0.874. The molecular weight excluding hydrogens is 214 g/mol. The molecular formula is C13H15N3O. The van der Waals surface area contributed by atoms with E-state index in [1.807, 2.05) is 31.2 Å². The number of benzene rings is 1. The van der Waals surface area contributed by atoms with Crippen molar-refractivity contribution < 1.29 is 4.74 Å². The van der Waals surface area contributed by atoms with Crippen molar-refractivity contribution in [2.24, 2.45) is 0 Å². The molecule has 0 unspecified atom stereocenters. The molecule has 1 aromatic heterocycles. The summed E-state index contributed by atoms with van der Waals surface area (Å²) in [6.45, 7) is 1.89. The van der Waals surface area contributed by atoms with Gasteiger partial charge in [0.2, 0.25) is 0 Å².